The second kappa shape index (κ2) is 2.68. The van der Waals surface area contributed by atoms with Crippen molar-refractivity contribution in [1.82, 2.24) is 0 Å². The highest BCUT2D eigenvalue weighted by Crippen LogP contribution is 2.78. The van der Waals surface area contributed by atoms with Crippen LogP contribution < -0.4 is 0 Å². The number of rotatable bonds is 0. The van der Waals surface area contributed by atoms with Gasteiger partial charge in [0.25, 0.3) is 0 Å². The SMILES string of the molecule is C[C@@]12O[C@]1(C)c1cc3ccccc3cc1[C@]1(C)O[C@]21C. The molecule has 4 atom stereocenters. The van der Waals surface area contributed by atoms with Crippen LogP contribution in [0, 0.1) is 0 Å². The number of fused-ring (bicyclic) bond motifs is 7. The molecule has 0 bridgehead atoms. The molecule has 0 spiro atoms. The summed E-state index contributed by atoms with van der Waals surface area (Å²) in [6.45, 7) is 8.78. The first-order valence-electron chi connectivity index (χ1n) is 7.30. The molecule has 0 radical (unpaired) electrons. The summed E-state index contributed by atoms with van der Waals surface area (Å²) < 4.78 is 12.5. The van der Waals surface area contributed by atoms with E-state index < -0.39 is 0 Å². The summed E-state index contributed by atoms with van der Waals surface area (Å²) in [5.74, 6) is 0. The Morgan fingerprint density at radius 2 is 1.10 bits per heavy atom. The van der Waals surface area contributed by atoms with Crippen molar-refractivity contribution in [3.05, 3.63) is 47.5 Å². The summed E-state index contributed by atoms with van der Waals surface area (Å²) >= 11 is 0. The Labute approximate surface area is 118 Å². The maximum Gasteiger partial charge on any atom is 0.131 e. The van der Waals surface area contributed by atoms with Crippen LogP contribution in [-0.4, -0.2) is 11.2 Å². The average Bonchev–Trinajstić information content (AvgIpc) is 3.22. The van der Waals surface area contributed by atoms with Crippen molar-refractivity contribution in [2.24, 2.45) is 0 Å². The minimum atomic E-state index is -0.211. The van der Waals surface area contributed by atoms with E-state index in [1.54, 1.807) is 0 Å². The second-order valence-corrected chi connectivity index (χ2v) is 7.08. The third-order valence-electron chi connectivity index (χ3n) is 6.38. The second-order valence-electron chi connectivity index (χ2n) is 7.08. The number of ether oxygens (including phenoxy) is 2. The average molecular weight is 266 g/mol. The molecule has 5 rings (SSSR count). The van der Waals surface area contributed by atoms with Gasteiger partial charge in [-0.15, -0.1) is 0 Å². The molecule has 2 fully saturated rings. The Bertz CT molecular complexity index is 731. The van der Waals surface area contributed by atoms with Gasteiger partial charge in [0, 0.05) is 0 Å². The molecule has 2 saturated heterocycles. The van der Waals surface area contributed by atoms with Gasteiger partial charge in [0.2, 0.25) is 0 Å². The molecule has 3 aliphatic rings. The van der Waals surface area contributed by atoms with Crippen LogP contribution in [0.3, 0.4) is 0 Å². The Hall–Kier alpha value is -1.38. The first-order valence-corrected chi connectivity index (χ1v) is 7.30. The summed E-state index contributed by atoms with van der Waals surface area (Å²) in [5, 5.41) is 2.55. The fourth-order valence-corrected chi connectivity index (χ4v) is 4.52. The molecule has 102 valence electrons. The van der Waals surface area contributed by atoms with Gasteiger partial charge in [-0.3, -0.25) is 0 Å². The molecule has 2 aromatic rings. The first-order chi connectivity index (χ1) is 9.36. The van der Waals surface area contributed by atoms with Crippen LogP contribution in [0.2, 0.25) is 0 Å². The summed E-state index contributed by atoms with van der Waals surface area (Å²) in [4.78, 5) is 0. The third-order valence-corrected chi connectivity index (χ3v) is 6.38. The molecule has 0 amide bonds. The highest BCUT2D eigenvalue weighted by atomic mass is 16.7. The molecule has 2 aliphatic heterocycles. The Balaban J connectivity index is 1.90. The van der Waals surface area contributed by atoms with E-state index in [9.17, 15) is 0 Å². The topological polar surface area (TPSA) is 25.1 Å². The van der Waals surface area contributed by atoms with E-state index in [0.29, 0.717) is 0 Å². The molecule has 0 aromatic heterocycles. The van der Waals surface area contributed by atoms with E-state index in [4.69, 9.17) is 9.47 Å². The lowest BCUT2D eigenvalue weighted by molar-refractivity contribution is 0.177. The van der Waals surface area contributed by atoms with Gasteiger partial charge >= 0.3 is 0 Å². The van der Waals surface area contributed by atoms with Gasteiger partial charge in [-0.2, -0.15) is 0 Å². The summed E-state index contributed by atoms with van der Waals surface area (Å²) in [6.07, 6.45) is 0. The predicted octanol–water partition coefficient (Wildman–Crippen LogP) is 3.86. The Morgan fingerprint density at radius 1 is 0.700 bits per heavy atom. The van der Waals surface area contributed by atoms with E-state index in [0.717, 1.165) is 0 Å². The van der Waals surface area contributed by atoms with Crippen LogP contribution >= 0.6 is 0 Å². The number of hydrogen-bond acceptors (Lipinski definition) is 2. The Morgan fingerprint density at radius 3 is 1.50 bits per heavy atom. The van der Waals surface area contributed by atoms with Crippen molar-refractivity contribution in [1.29, 1.82) is 0 Å². The van der Waals surface area contributed by atoms with Gasteiger partial charge in [0.1, 0.15) is 22.4 Å². The lowest BCUT2D eigenvalue weighted by Gasteiger charge is -2.29. The standard InChI is InChI=1S/C18H18O2/c1-15-13-9-11-7-5-6-8-12(11)10-14(13)16(2)18(4,20-16)17(15,3)19-15/h5-10H,1-4H3/t15-,16+,17-,18+. The van der Waals surface area contributed by atoms with E-state index in [2.05, 4.69) is 64.1 Å². The molecular weight excluding hydrogens is 248 g/mol. The van der Waals surface area contributed by atoms with Crippen molar-refractivity contribution in [3.63, 3.8) is 0 Å². The number of benzene rings is 2. The van der Waals surface area contributed by atoms with Crippen molar-refractivity contribution in [2.45, 2.75) is 50.1 Å². The van der Waals surface area contributed by atoms with Gasteiger partial charge in [-0.05, 0) is 61.7 Å². The van der Waals surface area contributed by atoms with Crippen LogP contribution in [0.25, 0.3) is 10.8 Å². The lowest BCUT2D eigenvalue weighted by atomic mass is 9.66. The van der Waals surface area contributed by atoms with Crippen LogP contribution in [0.1, 0.15) is 38.8 Å². The van der Waals surface area contributed by atoms with Gasteiger partial charge < -0.3 is 9.47 Å². The number of epoxide rings is 2. The van der Waals surface area contributed by atoms with Crippen molar-refractivity contribution < 1.29 is 9.47 Å². The van der Waals surface area contributed by atoms with Gasteiger partial charge in [0.15, 0.2) is 0 Å². The minimum Gasteiger partial charge on any atom is -0.355 e. The van der Waals surface area contributed by atoms with Gasteiger partial charge in [0.05, 0.1) is 0 Å². The van der Waals surface area contributed by atoms with E-state index in [1.807, 2.05) is 0 Å². The molecule has 0 unspecified atom stereocenters. The monoisotopic (exact) mass is 266 g/mol. The lowest BCUT2D eigenvalue weighted by Crippen LogP contribution is -2.42. The molecular formula is C18H18O2. The normalized spacial score (nSPS) is 47.4. The van der Waals surface area contributed by atoms with Crippen molar-refractivity contribution in [3.8, 4) is 0 Å². The van der Waals surface area contributed by atoms with Gasteiger partial charge in [-0.1, -0.05) is 24.3 Å². The summed E-state index contributed by atoms with van der Waals surface area (Å²) in [7, 11) is 0. The van der Waals surface area contributed by atoms with Crippen LogP contribution in [0.15, 0.2) is 36.4 Å². The fraction of sp³-hybridized carbons (Fsp3) is 0.444. The molecule has 0 saturated carbocycles. The molecule has 2 aromatic carbocycles. The Kier molecular flexibility index (Phi) is 1.51. The van der Waals surface area contributed by atoms with Crippen LogP contribution in [-0.2, 0) is 20.7 Å². The molecule has 0 N–H and O–H groups in total. The third kappa shape index (κ3) is 0.861. The molecule has 1 aliphatic carbocycles. The fourth-order valence-electron chi connectivity index (χ4n) is 4.52. The highest BCUT2D eigenvalue weighted by molar-refractivity contribution is 5.85. The zero-order valence-corrected chi connectivity index (χ0v) is 12.3. The van der Waals surface area contributed by atoms with Gasteiger partial charge in [-0.25, -0.2) is 0 Å². The largest absolute Gasteiger partial charge is 0.355 e. The van der Waals surface area contributed by atoms with Crippen molar-refractivity contribution in [2.75, 3.05) is 0 Å². The van der Waals surface area contributed by atoms with E-state index >= 15 is 0 Å². The van der Waals surface area contributed by atoms with Crippen LogP contribution in [0.5, 0.6) is 0 Å². The summed E-state index contributed by atoms with van der Waals surface area (Å²) in [5.41, 5.74) is 1.77. The highest BCUT2D eigenvalue weighted by Gasteiger charge is 2.89. The zero-order valence-electron chi connectivity index (χ0n) is 12.3. The first kappa shape index (κ1) is 11.3. The zero-order chi connectivity index (χ0) is 14.0. The van der Waals surface area contributed by atoms with E-state index in [-0.39, 0.29) is 22.4 Å². The maximum atomic E-state index is 6.23. The van der Waals surface area contributed by atoms with E-state index in [1.165, 1.54) is 21.9 Å². The van der Waals surface area contributed by atoms with Crippen molar-refractivity contribution >= 4 is 10.8 Å². The maximum absolute atomic E-state index is 6.23. The number of hydrogen-bond donors (Lipinski definition) is 0. The molecule has 2 nitrogen and oxygen atoms in total. The predicted molar refractivity (Wildman–Crippen MR) is 77.6 cm³/mol. The smallest absolute Gasteiger partial charge is 0.131 e. The van der Waals surface area contributed by atoms with Crippen LogP contribution in [0.4, 0.5) is 0 Å². The quantitative estimate of drug-likeness (QED) is 0.676. The molecule has 2 heteroatoms. The molecule has 2 heterocycles. The minimum absolute atomic E-state index is 0.204. The summed E-state index contributed by atoms with van der Waals surface area (Å²) in [6, 6.07) is 13.1. The molecule has 20 heavy (non-hydrogen) atoms.